The van der Waals surface area contributed by atoms with Gasteiger partial charge in [0.25, 0.3) is 0 Å². The number of hydrogen-bond donors (Lipinski definition) is 0. The Morgan fingerprint density at radius 2 is 1.94 bits per heavy atom. The van der Waals surface area contributed by atoms with E-state index in [0.29, 0.717) is 11.8 Å². The Kier molecular flexibility index (Phi) is 5.52. The highest BCUT2D eigenvalue weighted by Gasteiger charge is 2.13. The van der Waals surface area contributed by atoms with E-state index in [4.69, 9.17) is 16.3 Å². The summed E-state index contributed by atoms with van der Waals surface area (Å²) >= 11 is 5.49. The van der Waals surface area contributed by atoms with Gasteiger partial charge >= 0.3 is 5.97 Å². The molecule has 1 rings (SSSR count). The van der Waals surface area contributed by atoms with Crippen LogP contribution >= 0.6 is 11.6 Å². The normalized spacial score (nSPS) is 9.89. The number of esters is 1. The molecule has 1 aromatic rings. The van der Waals surface area contributed by atoms with Gasteiger partial charge in [0.15, 0.2) is 5.78 Å². The van der Waals surface area contributed by atoms with Crippen molar-refractivity contribution in [2.45, 2.75) is 13.3 Å². The molecular formula is C13H13ClO4. The average Bonchev–Trinajstić information content (AvgIpc) is 2.38. The summed E-state index contributed by atoms with van der Waals surface area (Å²) in [6.07, 6.45) is 0.742. The quantitative estimate of drug-likeness (QED) is 0.344. The number of alkyl halides is 1. The van der Waals surface area contributed by atoms with Gasteiger partial charge in [-0.25, -0.2) is 4.79 Å². The number of aldehydes is 1. The first-order chi connectivity index (χ1) is 8.62. The molecule has 0 aliphatic heterocycles. The molecule has 0 aliphatic carbocycles. The molecule has 0 aliphatic rings. The van der Waals surface area contributed by atoms with Gasteiger partial charge in [-0.05, 0) is 25.1 Å². The van der Waals surface area contributed by atoms with E-state index in [1.165, 1.54) is 18.2 Å². The van der Waals surface area contributed by atoms with Gasteiger partial charge in [-0.15, -0.1) is 11.6 Å². The summed E-state index contributed by atoms with van der Waals surface area (Å²) in [5.41, 5.74) is 0.751. The van der Waals surface area contributed by atoms with Crippen LogP contribution in [0.4, 0.5) is 0 Å². The summed E-state index contributed by atoms with van der Waals surface area (Å²) in [6, 6.07) is 4.24. The van der Waals surface area contributed by atoms with Crippen molar-refractivity contribution in [1.82, 2.24) is 0 Å². The zero-order valence-electron chi connectivity index (χ0n) is 9.94. The smallest absolute Gasteiger partial charge is 0.338 e. The van der Waals surface area contributed by atoms with Gasteiger partial charge in [-0.2, -0.15) is 0 Å². The van der Waals surface area contributed by atoms with E-state index in [-0.39, 0.29) is 35.8 Å². The van der Waals surface area contributed by atoms with Gasteiger partial charge in [0, 0.05) is 23.4 Å². The van der Waals surface area contributed by atoms with E-state index in [1.807, 2.05) is 0 Å². The van der Waals surface area contributed by atoms with Crippen LogP contribution in [-0.2, 0) is 4.74 Å². The monoisotopic (exact) mass is 268 g/mol. The number of Topliss-reactive ketones (excluding diaryl/α,β-unsaturated/α-hetero) is 1. The Morgan fingerprint density at radius 3 is 2.50 bits per heavy atom. The zero-order chi connectivity index (χ0) is 13.5. The number of halogens is 1. The molecule has 0 saturated heterocycles. The molecule has 0 radical (unpaired) electrons. The molecule has 0 bridgehead atoms. The van der Waals surface area contributed by atoms with Crippen molar-refractivity contribution >= 4 is 29.6 Å². The van der Waals surface area contributed by atoms with Gasteiger partial charge in [0.2, 0.25) is 0 Å². The van der Waals surface area contributed by atoms with Crippen molar-refractivity contribution in [1.29, 1.82) is 0 Å². The van der Waals surface area contributed by atoms with Crippen LogP contribution in [0.3, 0.4) is 0 Å². The third-order valence-electron chi connectivity index (χ3n) is 2.25. The van der Waals surface area contributed by atoms with E-state index >= 15 is 0 Å². The fraction of sp³-hybridized carbons (Fsp3) is 0.308. The van der Waals surface area contributed by atoms with Crippen LogP contribution in [-0.4, -0.2) is 30.5 Å². The Morgan fingerprint density at radius 1 is 1.28 bits per heavy atom. The first-order valence-electron chi connectivity index (χ1n) is 5.49. The minimum absolute atomic E-state index is 0.159. The molecule has 96 valence electrons. The third kappa shape index (κ3) is 3.67. The second-order valence-corrected chi connectivity index (χ2v) is 3.92. The fourth-order valence-electron chi connectivity index (χ4n) is 1.44. The second kappa shape index (κ2) is 6.91. The summed E-state index contributed by atoms with van der Waals surface area (Å²) in [6.45, 7) is 1.91. The lowest BCUT2D eigenvalue weighted by Crippen LogP contribution is -2.08. The van der Waals surface area contributed by atoms with Crippen LogP contribution in [0.15, 0.2) is 18.2 Å². The number of carbonyl (C=O) groups is 3. The number of benzene rings is 1. The lowest BCUT2D eigenvalue weighted by atomic mass is 10.0. The highest BCUT2D eigenvalue weighted by molar-refractivity contribution is 6.19. The molecule has 0 heterocycles. The Labute approximate surface area is 110 Å². The van der Waals surface area contributed by atoms with Gasteiger partial charge in [-0.3, -0.25) is 9.59 Å². The van der Waals surface area contributed by atoms with Crippen LogP contribution < -0.4 is 0 Å². The fourth-order valence-corrected chi connectivity index (χ4v) is 1.61. The molecule has 1 aromatic carbocycles. The van der Waals surface area contributed by atoms with E-state index in [2.05, 4.69) is 0 Å². The lowest BCUT2D eigenvalue weighted by molar-refractivity contribution is 0.0526. The maximum Gasteiger partial charge on any atom is 0.338 e. The molecule has 5 heteroatoms. The molecule has 0 fully saturated rings. The zero-order valence-corrected chi connectivity index (χ0v) is 10.7. The molecule has 0 spiro atoms. The van der Waals surface area contributed by atoms with E-state index in [1.54, 1.807) is 6.92 Å². The van der Waals surface area contributed by atoms with Gasteiger partial charge in [0.05, 0.1) is 12.2 Å². The van der Waals surface area contributed by atoms with Crippen molar-refractivity contribution in [3.8, 4) is 0 Å². The molecule has 0 amide bonds. The number of ether oxygens (including phenoxy) is 1. The summed E-state index contributed by atoms with van der Waals surface area (Å²) in [7, 11) is 0. The predicted molar refractivity (Wildman–Crippen MR) is 67.5 cm³/mol. The number of carbonyl (C=O) groups excluding carboxylic acids is 3. The number of rotatable bonds is 6. The second-order valence-electron chi connectivity index (χ2n) is 3.54. The lowest BCUT2D eigenvalue weighted by Gasteiger charge is -2.05. The Balaban J connectivity index is 3.12. The van der Waals surface area contributed by atoms with Gasteiger partial charge < -0.3 is 4.74 Å². The molecule has 0 saturated carbocycles. The molecular weight excluding hydrogens is 256 g/mol. The van der Waals surface area contributed by atoms with Crippen LogP contribution in [0, 0.1) is 0 Å². The molecule has 0 unspecified atom stereocenters. The highest BCUT2D eigenvalue weighted by atomic mass is 35.5. The minimum Gasteiger partial charge on any atom is -0.462 e. The standard InChI is InChI=1S/C13H13ClO4/c1-2-18-13(17)11-6-9(8-15)5-10(7-11)12(16)3-4-14/h5-8H,2-4H2,1H3. The van der Waals surface area contributed by atoms with E-state index in [0.717, 1.165) is 0 Å². The maximum atomic E-state index is 11.7. The molecule has 4 nitrogen and oxygen atoms in total. The van der Waals surface area contributed by atoms with Crippen LogP contribution in [0.1, 0.15) is 44.4 Å². The van der Waals surface area contributed by atoms with Crippen LogP contribution in [0.2, 0.25) is 0 Å². The van der Waals surface area contributed by atoms with Crippen molar-refractivity contribution in [3.63, 3.8) is 0 Å². The number of ketones is 1. The first kappa shape index (κ1) is 14.4. The molecule has 0 aromatic heterocycles. The third-order valence-corrected chi connectivity index (χ3v) is 2.44. The van der Waals surface area contributed by atoms with E-state index < -0.39 is 5.97 Å². The largest absolute Gasteiger partial charge is 0.462 e. The highest BCUT2D eigenvalue weighted by Crippen LogP contribution is 2.13. The minimum atomic E-state index is -0.555. The SMILES string of the molecule is CCOC(=O)c1cc(C=O)cc(C(=O)CCCl)c1. The van der Waals surface area contributed by atoms with Crippen molar-refractivity contribution in [2.75, 3.05) is 12.5 Å². The van der Waals surface area contributed by atoms with Crippen molar-refractivity contribution in [3.05, 3.63) is 34.9 Å². The average molecular weight is 269 g/mol. The number of hydrogen-bond acceptors (Lipinski definition) is 4. The maximum absolute atomic E-state index is 11.7. The first-order valence-corrected chi connectivity index (χ1v) is 6.02. The molecule has 18 heavy (non-hydrogen) atoms. The van der Waals surface area contributed by atoms with E-state index in [9.17, 15) is 14.4 Å². The molecule has 0 atom stereocenters. The van der Waals surface area contributed by atoms with Gasteiger partial charge in [-0.1, -0.05) is 0 Å². The summed E-state index contributed by atoms with van der Waals surface area (Å²) in [5, 5.41) is 0. The van der Waals surface area contributed by atoms with Crippen LogP contribution in [0.25, 0.3) is 0 Å². The Bertz CT molecular complexity index is 432. The van der Waals surface area contributed by atoms with Crippen molar-refractivity contribution in [2.24, 2.45) is 0 Å². The van der Waals surface area contributed by atoms with Crippen LogP contribution in [0.5, 0.6) is 0 Å². The summed E-state index contributed by atoms with van der Waals surface area (Å²) < 4.78 is 4.83. The van der Waals surface area contributed by atoms with Gasteiger partial charge in [0.1, 0.15) is 6.29 Å². The Hall–Kier alpha value is -1.68. The van der Waals surface area contributed by atoms with Crippen molar-refractivity contribution < 1.29 is 19.1 Å². The topological polar surface area (TPSA) is 60.4 Å². The summed E-state index contributed by atoms with van der Waals surface area (Å²) in [4.78, 5) is 34.0. The predicted octanol–water partition coefficient (Wildman–Crippen LogP) is 2.49. The summed E-state index contributed by atoms with van der Waals surface area (Å²) in [5.74, 6) is -0.570. The molecule has 0 N–H and O–H groups in total.